The van der Waals surface area contributed by atoms with Gasteiger partial charge in [0.05, 0.1) is 10.7 Å². The van der Waals surface area contributed by atoms with E-state index in [2.05, 4.69) is 12.2 Å². The van der Waals surface area contributed by atoms with E-state index in [0.717, 1.165) is 19.3 Å². The van der Waals surface area contributed by atoms with E-state index in [1.807, 2.05) is 0 Å². The standard InChI is InChI=1S/C13H16ClNO2/c1-2-13(7-4-8-13)15-10-6-3-5-9(14)11(10)12(16)17/h3,5-6,15H,2,4,7-8H2,1H3,(H,16,17). The predicted molar refractivity (Wildman–Crippen MR) is 68.9 cm³/mol. The number of rotatable bonds is 4. The lowest BCUT2D eigenvalue weighted by Crippen LogP contribution is -2.44. The number of carboxylic acids is 1. The zero-order chi connectivity index (χ0) is 12.5. The minimum absolute atomic E-state index is 0.0644. The normalized spacial score (nSPS) is 17.3. The highest BCUT2D eigenvalue weighted by Gasteiger charge is 2.35. The molecule has 1 aliphatic rings. The monoisotopic (exact) mass is 253 g/mol. The fourth-order valence-corrected chi connectivity index (χ4v) is 2.56. The van der Waals surface area contributed by atoms with Gasteiger partial charge >= 0.3 is 5.97 Å². The van der Waals surface area contributed by atoms with E-state index < -0.39 is 5.97 Å². The van der Waals surface area contributed by atoms with Gasteiger partial charge in [-0.15, -0.1) is 0 Å². The van der Waals surface area contributed by atoms with Crippen molar-refractivity contribution >= 4 is 23.3 Å². The second-order valence-electron chi connectivity index (χ2n) is 4.58. The van der Waals surface area contributed by atoms with Crippen LogP contribution in [-0.4, -0.2) is 16.6 Å². The van der Waals surface area contributed by atoms with E-state index in [0.29, 0.717) is 5.69 Å². The van der Waals surface area contributed by atoms with Crippen LogP contribution in [0.5, 0.6) is 0 Å². The molecule has 0 spiro atoms. The third-order valence-electron chi connectivity index (χ3n) is 3.61. The van der Waals surface area contributed by atoms with Crippen LogP contribution in [0.3, 0.4) is 0 Å². The van der Waals surface area contributed by atoms with Crippen LogP contribution in [0.25, 0.3) is 0 Å². The Morgan fingerprint density at radius 1 is 1.53 bits per heavy atom. The Bertz CT molecular complexity index is 436. The molecule has 0 aromatic heterocycles. The van der Waals surface area contributed by atoms with Gasteiger partial charge in [-0.25, -0.2) is 4.79 Å². The molecule has 1 aliphatic carbocycles. The van der Waals surface area contributed by atoms with Crippen LogP contribution in [0.2, 0.25) is 5.02 Å². The van der Waals surface area contributed by atoms with Gasteiger partial charge in [0.1, 0.15) is 5.56 Å². The Balaban J connectivity index is 2.32. The van der Waals surface area contributed by atoms with E-state index in [9.17, 15) is 9.90 Å². The largest absolute Gasteiger partial charge is 0.478 e. The quantitative estimate of drug-likeness (QED) is 0.859. The van der Waals surface area contributed by atoms with Crippen LogP contribution >= 0.6 is 11.6 Å². The average Bonchev–Trinajstić information content (AvgIpc) is 2.23. The van der Waals surface area contributed by atoms with Crippen LogP contribution < -0.4 is 5.32 Å². The maximum Gasteiger partial charge on any atom is 0.339 e. The van der Waals surface area contributed by atoms with Gasteiger partial charge in [0.2, 0.25) is 0 Å². The lowest BCUT2D eigenvalue weighted by atomic mass is 9.74. The number of hydrogen-bond acceptors (Lipinski definition) is 2. The van der Waals surface area contributed by atoms with E-state index in [1.165, 1.54) is 6.42 Å². The number of nitrogens with one attached hydrogen (secondary N) is 1. The van der Waals surface area contributed by atoms with Crippen molar-refractivity contribution in [2.45, 2.75) is 38.1 Å². The molecule has 0 heterocycles. The molecule has 3 nitrogen and oxygen atoms in total. The maximum absolute atomic E-state index is 11.2. The summed E-state index contributed by atoms with van der Waals surface area (Å²) in [6.07, 6.45) is 4.38. The Morgan fingerprint density at radius 3 is 2.71 bits per heavy atom. The van der Waals surface area contributed by atoms with Crippen molar-refractivity contribution in [3.63, 3.8) is 0 Å². The maximum atomic E-state index is 11.2. The summed E-state index contributed by atoms with van der Waals surface area (Å²) in [4.78, 5) is 11.2. The first-order chi connectivity index (χ1) is 8.08. The molecule has 2 N–H and O–H groups in total. The third-order valence-corrected chi connectivity index (χ3v) is 3.93. The van der Waals surface area contributed by atoms with E-state index in [1.54, 1.807) is 18.2 Å². The molecule has 0 unspecified atom stereocenters. The number of benzene rings is 1. The van der Waals surface area contributed by atoms with E-state index >= 15 is 0 Å². The SMILES string of the molecule is CCC1(Nc2cccc(Cl)c2C(=O)O)CCC1. The van der Waals surface area contributed by atoms with Gasteiger partial charge in [-0.3, -0.25) is 0 Å². The Labute approximate surface area is 106 Å². The zero-order valence-corrected chi connectivity index (χ0v) is 10.5. The van der Waals surface area contributed by atoms with Crippen molar-refractivity contribution in [1.29, 1.82) is 0 Å². The minimum Gasteiger partial charge on any atom is -0.478 e. The molecule has 17 heavy (non-hydrogen) atoms. The highest BCUT2D eigenvalue weighted by atomic mass is 35.5. The predicted octanol–water partition coefficient (Wildman–Crippen LogP) is 3.78. The topological polar surface area (TPSA) is 49.3 Å². The molecule has 0 amide bonds. The van der Waals surface area contributed by atoms with Gasteiger partial charge in [0.25, 0.3) is 0 Å². The lowest BCUT2D eigenvalue weighted by Gasteiger charge is -2.43. The fourth-order valence-electron chi connectivity index (χ4n) is 2.30. The summed E-state index contributed by atoms with van der Waals surface area (Å²) in [5.74, 6) is -0.983. The summed E-state index contributed by atoms with van der Waals surface area (Å²) < 4.78 is 0. The van der Waals surface area contributed by atoms with Gasteiger partial charge in [0.15, 0.2) is 0 Å². The molecular weight excluding hydrogens is 238 g/mol. The number of hydrogen-bond donors (Lipinski definition) is 2. The average molecular weight is 254 g/mol. The Hall–Kier alpha value is -1.22. The van der Waals surface area contributed by atoms with Crippen LogP contribution in [0.15, 0.2) is 18.2 Å². The fraction of sp³-hybridized carbons (Fsp3) is 0.462. The highest BCUT2D eigenvalue weighted by molar-refractivity contribution is 6.34. The molecule has 4 heteroatoms. The molecule has 0 saturated heterocycles. The van der Waals surface area contributed by atoms with Crippen molar-refractivity contribution < 1.29 is 9.90 Å². The van der Waals surface area contributed by atoms with E-state index in [4.69, 9.17) is 11.6 Å². The van der Waals surface area contributed by atoms with Crippen LogP contribution in [-0.2, 0) is 0 Å². The van der Waals surface area contributed by atoms with E-state index in [-0.39, 0.29) is 16.1 Å². The first-order valence-electron chi connectivity index (χ1n) is 5.88. The summed E-state index contributed by atoms with van der Waals surface area (Å²) >= 11 is 5.94. The number of anilines is 1. The minimum atomic E-state index is -0.983. The highest BCUT2D eigenvalue weighted by Crippen LogP contribution is 2.39. The smallest absolute Gasteiger partial charge is 0.339 e. The van der Waals surface area contributed by atoms with Gasteiger partial charge in [-0.05, 0) is 37.8 Å². The van der Waals surface area contributed by atoms with Gasteiger partial charge in [-0.2, -0.15) is 0 Å². The molecule has 0 atom stereocenters. The molecule has 2 rings (SSSR count). The number of carboxylic acid groups (broad SMARTS) is 1. The molecule has 0 aliphatic heterocycles. The van der Waals surface area contributed by atoms with Crippen molar-refractivity contribution in [1.82, 2.24) is 0 Å². The van der Waals surface area contributed by atoms with Crippen LogP contribution in [0.1, 0.15) is 43.0 Å². The molecule has 1 aromatic rings. The molecule has 0 bridgehead atoms. The first kappa shape index (κ1) is 12.2. The van der Waals surface area contributed by atoms with Crippen molar-refractivity contribution in [3.05, 3.63) is 28.8 Å². The number of aromatic carboxylic acids is 1. The van der Waals surface area contributed by atoms with Crippen molar-refractivity contribution in [3.8, 4) is 0 Å². The summed E-state index contributed by atoms with van der Waals surface area (Å²) in [6.45, 7) is 2.12. The zero-order valence-electron chi connectivity index (χ0n) is 9.79. The van der Waals surface area contributed by atoms with Crippen molar-refractivity contribution in [2.75, 3.05) is 5.32 Å². The lowest BCUT2D eigenvalue weighted by molar-refractivity contribution is 0.0698. The third kappa shape index (κ3) is 2.25. The summed E-state index contributed by atoms with van der Waals surface area (Å²) in [7, 11) is 0. The van der Waals surface area contributed by atoms with Crippen molar-refractivity contribution in [2.24, 2.45) is 0 Å². The summed E-state index contributed by atoms with van der Waals surface area (Å²) in [6, 6.07) is 5.17. The van der Waals surface area contributed by atoms with Crippen LogP contribution in [0, 0.1) is 0 Å². The van der Waals surface area contributed by atoms with Gasteiger partial charge in [-0.1, -0.05) is 24.6 Å². The molecule has 1 saturated carbocycles. The number of carbonyl (C=O) groups is 1. The summed E-state index contributed by atoms with van der Waals surface area (Å²) in [5, 5.41) is 12.8. The van der Waals surface area contributed by atoms with Gasteiger partial charge < -0.3 is 10.4 Å². The molecular formula is C13H16ClNO2. The number of halogens is 1. The summed E-state index contributed by atoms with van der Waals surface area (Å²) in [5.41, 5.74) is 0.870. The molecule has 1 aromatic carbocycles. The second-order valence-corrected chi connectivity index (χ2v) is 4.99. The second kappa shape index (κ2) is 4.57. The molecule has 0 radical (unpaired) electrons. The molecule has 92 valence electrons. The first-order valence-corrected chi connectivity index (χ1v) is 6.26. The van der Waals surface area contributed by atoms with Crippen LogP contribution in [0.4, 0.5) is 5.69 Å². The molecule has 1 fully saturated rings. The van der Waals surface area contributed by atoms with Gasteiger partial charge in [0, 0.05) is 5.54 Å². The Kier molecular flexibility index (Phi) is 3.29. The Morgan fingerprint density at radius 2 is 2.24 bits per heavy atom.